The fourth-order valence-corrected chi connectivity index (χ4v) is 2.61. The van der Waals surface area contributed by atoms with Gasteiger partial charge in [0.2, 0.25) is 0 Å². The van der Waals surface area contributed by atoms with Gasteiger partial charge in [0.05, 0.1) is 31.3 Å². The van der Waals surface area contributed by atoms with Crippen LogP contribution in [0.1, 0.15) is 49.0 Å². The molecule has 0 saturated carbocycles. The molecule has 4 heteroatoms. The highest BCUT2D eigenvalue weighted by Crippen LogP contribution is 2.34. The van der Waals surface area contributed by atoms with Crippen molar-refractivity contribution >= 4 is 11.8 Å². The first kappa shape index (κ1) is 15.7. The monoisotopic (exact) mass is 290 g/mol. The van der Waals surface area contributed by atoms with Gasteiger partial charge in [-0.1, -0.05) is 39.0 Å². The highest BCUT2D eigenvalue weighted by Gasteiger charge is 2.37. The maximum Gasteiger partial charge on any atom is 0.338 e. The maximum atomic E-state index is 12.5. The third-order valence-electron chi connectivity index (χ3n) is 3.95. The summed E-state index contributed by atoms with van der Waals surface area (Å²) in [7, 11) is 1.34. The Kier molecular flexibility index (Phi) is 4.47. The van der Waals surface area contributed by atoms with Gasteiger partial charge in [-0.2, -0.15) is 0 Å². The van der Waals surface area contributed by atoms with Crippen LogP contribution in [-0.4, -0.2) is 31.6 Å². The Morgan fingerprint density at radius 3 is 2.52 bits per heavy atom. The van der Waals surface area contributed by atoms with Crippen LogP contribution in [-0.2, 0) is 14.3 Å². The molecule has 1 aromatic rings. The first-order valence-corrected chi connectivity index (χ1v) is 7.16. The lowest BCUT2D eigenvalue weighted by Crippen LogP contribution is -2.40. The Morgan fingerprint density at radius 1 is 1.29 bits per heavy atom. The molecule has 0 N–H and O–H groups in total. The van der Waals surface area contributed by atoms with E-state index in [1.165, 1.54) is 7.11 Å². The van der Waals surface area contributed by atoms with Crippen LogP contribution in [0.2, 0.25) is 0 Å². The third kappa shape index (κ3) is 3.32. The van der Waals surface area contributed by atoms with Gasteiger partial charge in [-0.25, -0.2) is 4.79 Å². The zero-order valence-electron chi connectivity index (χ0n) is 13.0. The Balaban J connectivity index is 2.25. The number of carbonyl (C=O) groups excluding carboxylic acids is 2. The van der Waals surface area contributed by atoms with Crippen molar-refractivity contribution in [1.29, 1.82) is 0 Å². The Morgan fingerprint density at radius 2 is 1.95 bits per heavy atom. The highest BCUT2D eigenvalue weighted by atomic mass is 16.5. The normalized spacial score (nSPS) is 23.0. The molecule has 1 aromatic carbocycles. The second kappa shape index (κ2) is 5.98. The number of esters is 1. The maximum absolute atomic E-state index is 12.5. The van der Waals surface area contributed by atoms with Gasteiger partial charge in [0.25, 0.3) is 0 Å². The molecule has 1 aliphatic heterocycles. The molecular weight excluding hydrogens is 268 g/mol. The summed E-state index contributed by atoms with van der Waals surface area (Å²) in [4.78, 5) is 24.3. The lowest BCUT2D eigenvalue weighted by Gasteiger charge is -2.36. The summed E-state index contributed by atoms with van der Waals surface area (Å²) in [5.41, 5.74) is 1.07. The molecule has 0 aromatic heterocycles. The summed E-state index contributed by atoms with van der Waals surface area (Å²) < 4.78 is 10.7. The van der Waals surface area contributed by atoms with Gasteiger partial charge < -0.3 is 9.47 Å². The van der Waals surface area contributed by atoms with E-state index in [1.807, 2.05) is 6.07 Å². The highest BCUT2D eigenvalue weighted by molar-refractivity contribution is 5.95. The van der Waals surface area contributed by atoms with Crippen LogP contribution in [0, 0.1) is 5.41 Å². The third-order valence-corrected chi connectivity index (χ3v) is 3.95. The van der Waals surface area contributed by atoms with Crippen molar-refractivity contribution < 1.29 is 19.1 Å². The molecule has 0 aliphatic carbocycles. The van der Waals surface area contributed by atoms with E-state index in [4.69, 9.17) is 9.47 Å². The van der Waals surface area contributed by atoms with Gasteiger partial charge in [0, 0.05) is 6.42 Å². The van der Waals surface area contributed by atoms with Crippen molar-refractivity contribution in [2.75, 3.05) is 13.7 Å². The molecule has 1 heterocycles. The van der Waals surface area contributed by atoms with Crippen molar-refractivity contribution in [2.45, 2.75) is 39.2 Å². The summed E-state index contributed by atoms with van der Waals surface area (Å²) >= 11 is 0. The van der Waals surface area contributed by atoms with Gasteiger partial charge in [0.15, 0.2) is 0 Å². The average Bonchev–Trinajstić information content (AvgIpc) is 2.45. The van der Waals surface area contributed by atoms with E-state index in [9.17, 15) is 9.59 Å². The molecule has 1 aliphatic rings. The SMILES string of the molecule is COC(=O)c1ccccc1C1COC(C(C)(C)C)CC1=O. The molecular formula is C17H22O4. The zero-order chi connectivity index (χ0) is 15.6. The number of ether oxygens (including phenoxy) is 2. The summed E-state index contributed by atoms with van der Waals surface area (Å²) in [5, 5.41) is 0. The van der Waals surface area contributed by atoms with Gasteiger partial charge in [-0.15, -0.1) is 0 Å². The number of rotatable bonds is 2. The summed E-state index contributed by atoms with van der Waals surface area (Å²) in [6.07, 6.45) is 0.301. The number of benzene rings is 1. The predicted molar refractivity (Wildman–Crippen MR) is 79.3 cm³/mol. The molecule has 1 fully saturated rings. The number of hydrogen-bond acceptors (Lipinski definition) is 4. The number of ketones is 1. The van der Waals surface area contributed by atoms with Gasteiger partial charge >= 0.3 is 5.97 Å². The average molecular weight is 290 g/mol. The van der Waals surface area contributed by atoms with Crippen LogP contribution in [0.5, 0.6) is 0 Å². The van der Waals surface area contributed by atoms with Crippen molar-refractivity contribution in [3.05, 3.63) is 35.4 Å². The molecule has 2 unspecified atom stereocenters. The lowest BCUT2D eigenvalue weighted by atomic mass is 9.80. The lowest BCUT2D eigenvalue weighted by molar-refractivity contribution is -0.137. The molecule has 2 rings (SSSR count). The fourth-order valence-electron chi connectivity index (χ4n) is 2.61. The summed E-state index contributed by atoms with van der Waals surface area (Å²) in [6, 6.07) is 7.08. The minimum Gasteiger partial charge on any atom is -0.465 e. The second-order valence-corrected chi connectivity index (χ2v) is 6.49. The first-order chi connectivity index (χ1) is 9.84. The molecule has 4 nitrogen and oxygen atoms in total. The van der Waals surface area contributed by atoms with Crippen LogP contribution in [0.15, 0.2) is 24.3 Å². The molecule has 0 amide bonds. The minimum atomic E-state index is -0.420. The molecule has 1 saturated heterocycles. The molecule has 0 radical (unpaired) electrons. The van der Waals surface area contributed by atoms with Crippen molar-refractivity contribution in [2.24, 2.45) is 5.41 Å². The van der Waals surface area contributed by atoms with Crippen molar-refractivity contribution in [1.82, 2.24) is 0 Å². The van der Waals surface area contributed by atoms with E-state index in [0.29, 0.717) is 24.2 Å². The van der Waals surface area contributed by atoms with Crippen LogP contribution >= 0.6 is 0 Å². The van der Waals surface area contributed by atoms with Gasteiger partial charge in [0.1, 0.15) is 5.78 Å². The second-order valence-electron chi connectivity index (χ2n) is 6.49. The van der Waals surface area contributed by atoms with Crippen molar-refractivity contribution in [3.63, 3.8) is 0 Å². The van der Waals surface area contributed by atoms with Crippen LogP contribution < -0.4 is 0 Å². The molecule has 2 atom stereocenters. The smallest absolute Gasteiger partial charge is 0.338 e. The van der Waals surface area contributed by atoms with Crippen LogP contribution in [0.4, 0.5) is 0 Å². The Labute approximate surface area is 125 Å². The van der Waals surface area contributed by atoms with E-state index >= 15 is 0 Å². The number of carbonyl (C=O) groups is 2. The quantitative estimate of drug-likeness (QED) is 0.786. The van der Waals surface area contributed by atoms with Crippen LogP contribution in [0.25, 0.3) is 0 Å². The fraction of sp³-hybridized carbons (Fsp3) is 0.529. The van der Waals surface area contributed by atoms with Crippen molar-refractivity contribution in [3.8, 4) is 0 Å². The Bertz CT molecular complexity index is 542. The topological polar surface area (TPSA) is 52.6 Å². The molecule has 114 valence electrons. The standard InChI is InChI=1S/C17H22O4/c1-17(2,3)15-9-14(18)13(10-21-15)11-7-5-6-8-12(11)16(19)20-4/h5-8,13,15H,9-10H2,1-4H3. The number of hydrogen-bond donors (Lipinski definition) is 0. The molecule has 21 heavy (non-hydrogen) atoms. The van der Waals surface area contributed by atoms with E-state index < -0.39 is 5.97 Å². The van der Waals surface area contributed by atoms with Crippen LogP contribution in [0.3, 0.4) is 0 Å². The first-order valence-electron chi connectivity index (χ1n) is 7.16. The molecule has 0 bridgehead atoms. The van der Waals surface area contributed by atoms with E-state index in [0.717, 1.165) is 0 Å². The molecule has 0 spiro atoms. The number of methoxy groups -OCH3 is 1. The van der Waals surface area contributed by atoms with E-state index in [2.05, 4.69) is 20.8 Å². The number of Topliss-reactive ketones (excluding diaryl/α,β-unsaturated/α-hetero) is 1. The Hall–Kier alpha value is -1.68. The van der Waals surface area contributed by atoms with E-state index in [-0.39, 0.29) is 23.2 Å². The largest absolute Gasteiger partial charge is 0.465 e. The van der Waals surface area contributed by atoms with Gasteiger partial charge in [-0.05, 0) is 17.0 Å². The minimum absolute atomic E-state index is 0.0670. The zero-order valence-corrected chi connectivity index (χ0v) is 13.0. The van der Waals surface area contributed by atoms with E-state index in [1.54, 1.807) is 18.2 Å². The predicted octanol–water partition coefficient (Wildman–Crippen LogP) is 2.96. The van der Waals surface area contributed by atoms with Gasteiger partial charge in [-0.3, -0.25) is 4.79 Å². The summed E-state index contributed by atoms with van der Waals surface area (Å²) in [5.74, 6) is -0.687. The summed E-state index contributed by atoms with van der Waals surface area (Å²) in [6.45, 7) is 6.50.